The Hall–Kier alpha value is -1.95. The smallest absolute Gasteiger partial charge is 0.233 e. The van der Waals surface area contributed by atoms with Crippen molar-refractivity contribution in [3.05, 3.63) is 35.6 Å². The number of nitrogens with zero attached hydrogens (tertiary/aromatic N) is 2. The Kier molecular flexibility index (Phi) is 6.31. The molecule has 1 heterocycles. The summed E-state index contributed by atoms with van der Waals surface area (Å²) < 4.78 is 13.1. The lowest BCUT2D eigenvalue weighted by molar-refractivity contribution is -0.134. The molecule has 1 atom stereocenters. The average molecular weight is 335 g/mol. The molecular weight excluding hydrogens is 309 g/mol. The van der Waals surface area contributed by atoms with E-state index in [1.165, 1.54) is 12.1 Å². The second-order valence-electron chi connectivity index (χ2n) is 6.62. The van der Waals surface area contributed by atoms with Crippen LogP contribution in [0.15, 0.2) is 24.3 Å². The first kappa shape index (κ1) is 18.4. The summed E-state index contributed by atoms with van der Waals surface area (Å²) >= 11 is 0. The molecule has 2 amide bonds. The number of rotatable bonds is 5. The second kappa shape index (κ2) is 8.24. The van der Waals surface area contributed by atoms with Crippen molar-refractivity contribution in [1.82, 2.24) is 15.1 Å². The van der Waals surface area contributed by atoms with Crippen LogP contribution in [0.25, 0.3) is 0 Å². The van der Waals surface area contributed by atoms with Crippen LogP contribution >= 0.6 is 0 Å². The minimum atomic E-state index is -0.280. The van der Waals surface area contributed by atoms with Gasteiger partial charge in [-0.3, -0.25) is 14.5 Å². The average Bonchev–Trinajstić information content (AvgIpc) is 2.70. The summed E-state index contributed by atoms with van der Waals surface area (Å²) in [5.74, 6) is 0.0205. The lowest BCUT2D eigenvalue weighted by atomic mass is 10.0. The Balaban J connectivity index is 2.16. The maximum atomic E-state index is 13.1. The van der Waals surface area contributed by atoms with Gasteiger partial charge in [-0.1, -0.05) is 26.0 Å². The minimum absolute atomic E-state index is 0.0229. The van der Waals surface area contributed by atoms with Crippen LogP contribution in [-0.4, -0.2) is 54.3 Å². The van der Waals surface area contributed by atoms with E-state index in [2.05, 4.69) is 19.2 Å². The Bertz CT molecular complexity index is 574. The van der Waals surface area contributed by atoms with Crippen molar-refractivity contribution in [3.8, 4) is 0 Å². The fraction of sp³-hybridized carbons (Fsp3) is 0.556. The van der Waals surface area contributed by atoms with Gasteiger partial charge in [-0.25, -0.2) is 4.39 Å². The van der Waals surface area contributed by atoms with Gasteiger partial charge in [0.15, 0.2) is 0 Å². The molecule has 5 nitrogen and oxygen atoms in total. The first-order chi connectivity index (χ1) is 11.4. The fourth-order valence-electron chi connectivity index (χ4n) is 3.03. The molecule has 1 N–H and O–H groups in total. The third-order valence-electron chi connectivity index (χ3n) is 4.49. The molecule has 1 unspecified atom stereocenters. The van der Waals surface area contributed by atoms with E-state index in [0.29, 0.717) is 32.6 Å². The van der Waals surface area contributed by atoms with Crippen molar-refractivity contribution in [2.75, 3.05) is 26.7 Å². The van der Waals surface area contributed by atoms with Gasteiger partial charge in [0, 0.05) is 39.1 Å². The monoisotopic (exact) mass is 335 g/mol. The van der Waals surface area contributed by atoms with Crippen molar-refractivity contribution in [1.29, 1.82) is 0 Å². The summed E-state index contributed by atoms with van der Waals surface area (Å²) in [6, 6.07) is 6.29. The van der Waals surface area contributed by atoms with Crippen LogP contribution in [0, 0.1) is 11.7 Å². The molecule has 0 radical (unpaired) electrons. The van der Waals surface area contributed by atoms with Gasteiger partial charge in [0.2, 0.25) is 11.8 Å². The zero-order valence-corrected chi connectivity index (χ0v) is 14.6. The Morgan fingerprint density at radius 1 is 1.33 bits per heavy atom. The third-order valence-corrected chi connectivity index (χ3v) is 4.49. The van der Waals surface area contributed by atoms with E-state index >= 15 is 0 Å². The number of amides is 2. The zero-order chi connectivity index (χ0) is 17.7. The van der Waals surface area contributed by atoms with Gasteiger partial charge in [0.25, 0.3) is 0 Å². The van der Waals surface area contributed by atoms with E-state index in [-0.39, 0.29) is 29.6 Å². The number of halogens is 1. The highest BCUT2D eigenvalue weighted by Gasteiger charge is 2.32. The van der Waals surface area contributed by atoms with Crippen LogP contribution in [0.5, 0.6) is 0 Å². The number of carbonyl (C=O) groups is 2. The van der Waals surface area contributed by atoms with Crippen LogP contribution < -0.4 is 5.32 Å². The molecule has 2 rings (SSSR count). The molecule has 0 saturated carbocycles. The van der Waals surface area contributed by atoms with E-state index in [1.54, 1.807) is 19.2 Å². The molecular formula is C18H26FN3O2. The standard InChI is InChI=1S/C18H26FN3O2/c1-13(2)16-11-21(12-17(23)20-3)9-8-18(24)22(16)10-14-4-6-15(19)7-5-14/h4-7,13,16H,8-12H2,1-3H3,(H,20,23). The van der Waals surface area contributed by atoms with Crippen molar-refractivity contribution in [3.63, 3.8) is 0 Å². The predicted octanol–water partition coefficient (Wildman–Crippen LogP) is 1.63. The number of nitrogens with one attached hydrogen (secondary N) is 1. The van der Waals surface area contributed by atoms with E-state index < -0.39 is 0 Å². The first-order valence-corrected chi connectivity index (χ1v) is 8.37. The number of benzene rings is 1. The molecule has 0 aromatic heterocycles. The molecule has 0 aliphatic carbocycles. The Morgan fingerprint density at radius 3 is 2.58 bits per heavy atom. The molecule has 1 aromatic rings. The summed E-state index contributed by atoms with van der Waals surface area (Å²) in [7, 11) is 1.62. The topological polar surface area (TPSA) is 52.7 Å². The zero-order valence-electron chi connectivity index (χ0n) is 14.6. The fourth-order valence-corrected chi connectivity index (χ4v) is 3.03. The number of hydrogen-bond acceptors (Lipinski definition) is 3. The first-order valence-electron chi connectivity index (χ1n) is 8.37. The van der Waals surface area contributed by atoms with Gasteiger partial charge >= 0.3 is 0 Å². The maximum Gasteiger partial charge on any atom is 0.233 e. The lowest BCUT2D eigenvalue weighted by Crippen LogP contribution is -2.47. The summed E-state index contributed by atoms with van der Waals surface area (Å²) in [6.45, 7) is 6.18. The van der Waals surface area contributed by atoms with Gasteiger partial charge in [-0.05, 0) is 23.6 Å². The molecule has 1 saturated heterocycles. The van der Waals surface area contributed by atoms with Crippen LogP contribution in [0.2, 0.25) is 0 Å². The van der Waals surface area contributed by atoms with E-state index in [0.717, 1.165) is 5.56 Å². The number of likely N-dealkylation sites (N-methyl/N-ethyl adjacent to an activating group) is 1. The molecule has 0 spiro atoms. The summed E-state index contributed by atoms with van der Waals surface area (Å²) in [5, 5.41) is 2.63. The molecule has 0 bridgehead atoms. The lowest BCUT2D eigenvalue weighted by Gasteiger charge is -2.34. The van der Waals surface area contributed by atoms with Crippen LogP contribution in [0.3, 0.4) is 0 Å². The van der Waals surface area contributed by atoms with Gasteiger partial charge in [0.05, 0.1) is 6.54 Å². The molecule has 1 fully saturated rings. The molecule has 1 aliphatic heterocycles. The van der Waals surface area contributed by atoms with Crippen molar-refractivity contribution in [2.45, 2.75) is 32.9 Å². The van der Waals surface area contributed by atoms with Crippen molar-refractivity contribution >= 4 is 11.8 Å². The highest BCUT2D eigenvalue weighted by molar-refractivity contribution is 5.79. The van der Waals surface area contributed by atoms with Crippen molar-refractivity contribution < 1.29 is 14.0 Å². The molecule has 1 aromatic carbocycles. The van der Waals surface area contributed by atoms with Crippen LogP contribution in [0.4, 0.5) is 4.39 Å². The normalized spacial score (nSPS) is 19.5. The van der Waals surface area contributed by atoms with E-state index in [4.69, 9.17) is 0 Å². The number of hydrogen-bond donors (Lipinski definition) is 1. The third kappa shape index (κ3) is 4.77. The Labute approximate surface area is 142 Å². The summed E-state index contributed by atoms with van der Waals surface area (Å²) in [4.78, 5) is 28.2. The predicted molar refractivity (Wildman–Crippen MR) is 90.7 cm³/mol. The summed E-state index contributed by atoms with van der Waals surface area (Å²) in [6.07, 6.45) is 0.390. The van der Waals surface area contributed by atoms with Crippen LogP contribution in [0.1, 0.15) is 25.8 Å². The van der Waals surface area contributed by atoms with E-state index in [1.807, 2.05) is 9.80 Å². The highest BCUT2D eigenvalue weighted by Crippen LogP contribution is 2.21. The number of carbonyl (C=O) groups excluding carboxylic acids is 2. The molecule has 6 heteroatoms. The molecule has 1 aliphatic rings. The summed E-state index contributed by atoms with van der Waals surface area (Å²) in [5.41, 5.74) is 0.912. The SMILES string of the molecule is CNC(=O)CN1CCC(=O)N(Cc2ccc(F)cc2)C(C(C)C)C1. The van der Waals surface area contributed by atoms with Crippen molar-refractivity contribution in [2.24, 2.45) is 5.92 Å². The highest BCUT2D eigenvalue weighted by atomic mass is 19.1. The van der Waals surface area contributed by atoms with Gasteiger partial charge in [-0.15, -0.1) is 0 Å². The van der Waals surface area contributed by atoms with Crippen LogP contribution in [-0.2, 0) is 16.1 Å². The van der Waals surface area contributed by atoms with Gasteiger partial charge < -0.3 is 10.2 Å². The maximum absolute atomic E-state index is 13.1. The molecule has 24 heavy (non-hydrogen) atoms. The Morgan fingerprint density at radius 2 is 2.00 bits per heavy atom. The minimum Gasteiger partial charge on any atom is -0.358 e. The van der Waals surface area contributed by atoms with Gasteiger partial charge in [-0.2, -0.15) is 0 Å². The molecule has 132 valence electrons. The largest absolute Gasteiger partial charge is 0.358 e. The van der Waals surface area contributed by atoms with E-state index in [9.17, 15) is 14.0 Å². The second-order valence-corrected chi connectivity index (χ2v) is 6.62. The van der Waals surface area contributed by atoms with Gasteiger partial charge in [0.1, 0.15) is 5.82 Å². The quantitative estimate of drug-likeness (QED) is 0.890.